The molecule has 0 spiro atoms. The fourth-order valence-electron chi connectivity index (χ4n) is 4.96. The van der Waals surface area contributed by atoms with Gasteiger partial charge in [-0.25, -0.2) is 23.7 Å². The third kappa shape index (κ3) is 12.7. The van der Waals surface area contributed by atoms with Gasteiger partial charge in [0.2, 0.25) is 17.7 Å². The van der Waals surface area contributed by atoms with Crippen molar-refractivity contribution in [2.24, 2.45) is 5.41 Å². The average Bonchev–Trinajstić information content (AvgIpc) is 3.58. The minimum absolute atomic E-state index is 0.0838. The van der Waals surface area contributed by atoms with Crippen molar-refractivity contribution < 1.29 is 85.3 Å². The molecule has 1 aromatic heterocycles. The smallest absolute Gasteiger partial charge is 0.386 e. The quantitative estimate of drug-likeness (QED) is 0.0381. The van der Waals surface area contributed by atoms with Crippen molar-refractivity contribution >= 4 is 76.9 Å². The Morgan fingerprint density at radius 3 is 2.35 bits per heavy atom. The van der Waals surface area contributed by atoms with Gasteiger partial charge in [-0.05, 0) is 6.92 Å². The van der Waals surface area contributed by atoms with Gasteiger partial charge in [0, 0.05) is 30.7 Å². The number of phosphoric acid groups is 3. The first kappa shape index (κ1) is 45.7. The number of aliphatic hydroxyl groups excluding tert-OH is 2. The van der Waals surface area contributed by atoms with E-state index in [9.17, 15) is 62.7 Å². The first-order valence-corrected chi connectivity index (χ1v) is 20.8. The van der Waals surface area contributed by atoms with Crippen LogP contribution in [-0.4, -0.2) is 133 Å². The third-order valence-corrected chi connectivity index (χ3v) is 10.8. The number of nitrogen functional groups attached to an aromatic ring is 1. The van der Waals surface area contributed by atoms with Gasteiger partial charge < -0.3 is 55.8 Å². The zero-order valence-electron chi connectivity index (χ0n) is 28.9. The Hall–Kier alpha value is -2.64. The average molecular weight is 854 g/mol. The fraction of sp³-hybridized carbons (Fsp3) is 0.680. The summed E-state index contributed by atoms with van der Waals surface area (Å²) in [6.45, 7) is 1.20. The molecule has 1 saturated heterocycles. The van der Waals surface area contributed by atoms with Gasteiger partial charge in [-0.2, -0.15) is 16.9 Å². The summed E-state index contributed by atoms with van der Waals surface area (Å²) in [7, 11) is -16.6. The van der Waals surface area contributed by atoms with E-state index < -0.39 is 103 Å². The Bertz CT molecular complexity index is 1700. The van der Waals surface area contributed by atoms with E-state index in [2.05, 4.69) is 42.1 Å². The molecule has 29 heteroatoms. The Balaban J connectivity index is 1.67. The van der Waals surface area contributed by atoms with E-state index in [1.165, 1.54) is 13.8 Å². The molecule has 2 aliphatic rings. The lowest BCUT2D eigenvalue weighted by atomic mass is 9.87. The second kappa shape index (κ2) is 18.5. The minimum atomic E-state index is -5.63. The number of anilines is 3. The zero-order chi connectivity index (χ0) is 40.8. The first-order chi connectivity index (χ1) is 24.9. The van der Waals surface area contributed by atoms with Crippen molar-refractivity contribution in [3.63, 3.8) is 0 Å². The number of nitrogens with two attached hydrogens (primary N) is 1. The van der Waals surface area contributed by atoms with Crippen LogP contribution in [0.25, 0.3) is 0 Å². The van der Waals surface area contributed by atoms with Crippen molar-refractivity contribution in [1.82, 2.24) is 20.6 Å². The monoisotopic (exact) mass is 853 g/mol. The van der Waals surface area contributed by atoms with Gasteiger partial charge in [-0.15, -0.1) is 0 Å². The summed E-state index contributed by atoms with van der Waals surface area (Å²) in [5.74, 6) is -2.55. The Kier molecular flexibility index (Phi) is 15.7. The number of hydrogen-bond acceptors (Lipinski definition) is 19. The number of thiol groups is 1. The molecule has 2 unspecified atom stereocenters. The summed E-state index contributed by atoms with van der Waals surface area (Å²) in [6, 6.07) is 0. The van der Waals surface area contributed by atoms with Crippen LogP contribution in [0, 0.1) is 5.41 Å². The van der Waals surface area contributed by atoms with Crippen molar-refractivity contribution in [2.75, 3.05) is 54.3 Å². The lowest BCUT2D eigenvalue weighted by Crippen LogP contribution is -2.47. The number of phosphoric ester groups is 3. The van der Waals surface area contributed by atoms with Crippen molar-refractivity contribution in [2.45, 2.75) is 64.3 Å². The van der Waals surface area contributed by atoms with Gasteiger partial charge in [-0.1, -0.05) is 13.8 Å². The molecule has 306 valence electrons. The van der Waals surface area contributed by atoms with Crippen LogP contribution in [0.15, 0.2) is 6.33 Å². The summed E-state index contributed by atoms with van der Waals surface area (Å²) < 4.78 is 61.2. The second-order valence-electron chi connectivity index (χ2n) is 12.5. The predicted molar refractivity (Wildman–Crippen MR) is 185 cm³/mol. The number of ether oxygens (including phenoxy) is 1. The summed E-state index contributed by atoms with van der Waals surface area (Å²) in [5, 5.41) is 26.4. The first-order valence-electron chi connectivity index (χ1n) is 15.6. The Morgan fingerprint density at radius 1 is 1.09 bits per heavy atom. The maximum absolute atomic E-state index is 12.9. The zero-order valence-corrected chi connectivity index (χ0v) is 32.4. The molecular formula is C25H42N7O18P3S. The summed E-state index contributed by atoms with van der Waals surface area (Å²) in [5.41, 5.74) is 4.24. The number of hydrogen-bond donors (Lipinski definition) is 10. The maximum atomic E-state index is 12.9. The molecule has 2 aliphatic heterocycles. The van der Waals surface area contributed by atoms with E-state index in [0.717, 1.165) is 23.1 Å². The van der Waals surface area contributed by atoms with Crippen LogP contribution in [0.4, 0.5) is 17.3 Å². The molecule has 54 heavy (non-hydrogen) atoms. The number of ketones is 1. The number of rotatable bonds is 20. The molecule has 3 amide bonds. The minimum Gasteiger partial charge on any atom is -0.386 e. The van der Waals surface area contributed by atoms with Crippen molar-refractivity contribution in [3.05, 3.63) is 6.33 Å². The molecule has 1 aromatic rings. The lowest BCUT2D eigenvalue weighted by Gasteiger charge is -2.30. The number of nitrogens with zero attached hydrogens (tertiary/aromatic N) is 4. The Labute approximate surface area is 312 Å². The highest BCUT2D eigenvalue weighted by molar-refractivity contribution is 7.80. The maximum Gasteiger partial charge on any atom is 0.481 e. The largest absolute Gasteiger partial charge is 0.481 e. The molecular weight excluding hydrogens is 811 g/mol. The molecule has 1 fully saturated rings. The predicted octanol–water partition coefficient (Wildman–Crippen LogP) is -2.10. The highest BCUT2D eigenvalue weighted by Gasteiger charge is 2.53. The summed E-state index contributed by atoms with van der Waals surface area (Å²) in [6.07, 6.45) is -9.09. The topological polar surface area (TPSA) is 369 Å². The highest BCUT2D eigenvalue weighted by Crippen LogP contribution is 2.61. The molecule has 3 heterocycles. The standard InChI is InChI=1S/C25H42N7O18P3S/c1-13(33)8-16(35)31-12-32(22-17(31)21(26)29-11-30-22)24-18(36)19(49-51(39,40)41)14(48-24)9-46-52(42,43)50-53(44,45)47-10-25(2,3)20(37)23(38)28-5-4-15(34)27-6-7-54/h11,14,18-20,24,36-37,54H,4-10,12H2,1-3H3,(H,27,34)(H,28,38)(H,42,43)(H,44,45)(H2,26,29,30)(H2,39,40,41)/t14-,18-,19-,20+,24-/m1/s1. The van der Waals surface area contributed by atoms with Gasteiger partial charge >= 0.3 is 23.5 Å². The molecule has 7 atom stereocenters. The Morgan fingerprint density at radius 2 is 1.74 bits per heavy atom. The second-order valence-corrected chi connectivity index (χ2v) is 17.1. The number of fused-ring (bicyclic) bond motifs is 1. The van der Waals surface area contributed by atoms with Crippen LogP contribution in [0.3, 0.4) is 0 Å². The summed E-state index contributed by atoms with van der Waals surface area (Å²) >= 11 is 3.95. The van der Waals surface area contributed by atoms with E-state index in [1.807, 2.05) is 0 Å². The molecule has 0 bridgehead atoms. The number of carbonyl (C=O) groups excluding carboxylic acids is 4. The van der Waals surface area contributed by atoms with E-state index in [0.29, 0.717) is 12.3 Å². The fourth-order valence-corrected chi connectivity index (χ4v) is 7.90. The molecule has 10 N–H and O–H groups in total. The van der Waals surface area contributed by atoms with Crippen LogP contribution in [0.5, 0.6) is 0 Å². The van der Waals surface area contributed by atoms with Crippen molar-refractivity contribution in [3.8, 4) is 0 Å². The van der Waals surface area contributed by atoms with Gasteiger partial charge in [0.15, 0.2) is 17.9 Å². The van der Waals surface area contributed by atoms with Crippen LogP contribution in [0.1, 0.15) is 33.6 Å². The molecule has 25 nitrogen and oxygen atoms in total. The van der Waals surface area contributed by atoms with E-state index in [-0.39, 0.29) is 36.2 Å². The number of amides is 3. The summed E-state index contributed by atoms with van der Waals surface area (Å²) in [4.78, 5) is 97.9. The van der Waals surface area contributed by atoms with E-state index >= 15 is 0 Å². The van der Waals surface area contributed by atoms with Gasteiger partial charge in [-0.3, -0.25) is 37.6 Å². The third-order valence-electron chi connectivity index (χ3n) is 7.53. The number of Topliss-reactive ketones (excluding diaryl/α,β-unsaturated/α-hetero) is 1. The molecule has 0 radical (unpaired) electrons. The molecule has 3 rings (SSSR count). The van der Waals surface area contributed by atoms with Crippen LogP contribution >= 0.6 is 36.1 Å². The normalized spacial score (nSPS) is 22.9. The molecule has 0 aromatic carbocycles. The van der Waals surface area contributed by atoms with E-state index in [1.54, 1.807) is 0 Å². The molecule has 0 aliphatic carbocycles. The van der Waals surface area contributed by atoms with Gasteiger partial charge in [0.1, 0.15) is 48.9 Å². The van der Waals surface area contributed by atoms with Crippen LogP contribution in [-0.2, 0) is 55.5 Å². The number of nitrogens with one attached hydrogen (secondary N) is 2. The lowest BCUT2D eigenvalue weighted by molar-refractivity contribution is -0.137. The number of carbonyl (C=O) groups is 4. The number of aromatic nitrogens is 2. The number of aliphatic hydroxyl groups is 2. The highest BCUT2D eigenvalue weighted by atomic mass is 32.1. The van der Waals surface area contributed by atoms with Gasteiger partial charge in [0.25, 0.3) is 0 Å². The SMILES string of the molecule is CC(=O)CC(=O)N1CN([C@@H]2O[C@H](COP(=O)(O)OP(=O)(O)OCC(C)(C)[C@@H](O)C(=O)NCCC(=O)NCCS)[C@@H](OP(=O)(O)O)[C@H]2O)c2ncnc(N)c21. The molecule has 0 saturated carbocycles. The van der Waals surface area contributed by atoms with E-state index in [4.69, 9.17) is 19.5 Å². The van der Waals surface area contributed by atoms with Gasteiger partial charge in [0.05, 0.1) is 19.6 Å². The van der Waals surface area contributed by atoms with Crippen molar-refractivity contribution in [1.29, 1.82) is 0 Å². The van der Waals surface area contributed by atoms with Crippen LogP contribution < -0.4 is 26.2 Å². The van der Waals surface area contributed by atoms with Crippen LogP contribution in [0.2, 0.25) is 0 Å².